The number of rotatable bonds is 3. The highest BCUT2D eigenvalue weighted by Crippen LogP contribution is 2.53. The van der Waals surface area contributed by atoms with Gasteiger partial charge in [0.25, 0.3) is 0 Å². The van der Waals surface area contributed by atoms with Crippen molar-refractivity contribution < 1.29 is 18.8 Å². The Morgan fingerprint density at radius 2 is 1.50 bits per heavy atom. The van der Waals surface area contributed by atoms with Crippen molar-refractivity contribution in [3.63, 3.8) is 0 Å². The Bertz CT molecular complexity index is 827. The second-order valence-electron chi connectivity index (χ2n) is 8.55. The lowest BCUT2D eigenvalue weighted by Crippen LogP contribution is -2.44. The highest BCUT2D eigenvalue weighted by Gasteiger charge is 2.60. The molecular formula is C22H23FN2O3. The maximum absolute atomic E-state index is 13.0. The number of benzene rings is 1. The molecule has 2 bridgehead atoms. The average Bonchev–Trinajstić information content (AvgIpc) is 3.38. The SMILES string of the molecule is O=C(Nc1ccc(F)cc1)C1CCC(N2C(=O)C3C4C=CC(C4)C3C2=O)CC1. The minimum atomic E-state index is -0.341. The van der Waals surface area contributed by atoms with Crippen LogP contribution in [0.4, 0.5) is 10.1 Å². The van der Waals surface area contributed by atoms with Gasteiger partial charge < -0.3 is 5.32 Å². The summed E-state index contributed by atoms with van der Waals surface area (Å²) in [7, 11) is 0. The van der Waals surface area contributed by atoms with Crippen LogP contribution in [0.5, 0.6) is 0 Å². The lowest BCUT2D eigenvalue weighted by Gasteiger charge is -2.33. The van der Waals surface area contributed by atoms with Crippen LogP contribution in [0.15, 0.2) is 36.4 Å². The molecule has 1 aromatic carbocycles. The third-order valence-corrected chi connectivity index (χ3v) is 7.05. The number of amides is 3. The number of hydrogen-bond donors (Lipinski definition) is 1. The number of carbonyl (C=O) groups is 3. The summed E-state index contributed by atoms with van der Waals surface area (Å²) < 4.78 is 13.0. The van der Waals surface area contributed by atoms with E-state index in [0.717, 1.165) is 6.42 Å². The van der Waals surface area contributed by atoms with Gasteiger partial charge in [0, 0.05) is 17.6 Å². The lowest BCUT2D eigenvalue weighted by atomic mass is 9.84. The Morgan fingerprint density at radius 1 is 0.929 bits per heavy atom. The van der Waals surface area contributed by atoms with E-state index in [-0.39, 0.29) is 59.2 Å². The number of allylic oxidation sites excluding steroid dienone is 2. The van der Waals surface area contributed by atoms with E-state index in [4.69, 9.17) is 0 Å². The number of halogens is 1. The number of hydrogen-bond acceptors (Lipinski definition) is 3. The molecule has 4 atom stereocenters. The molecule has 5 nitrogen and oxygen atoms in total. The normalized spacial score (nSPS) is 36.1. The van der Waals surface area contributed by atoms with Crippen LogP contribution in [0.3, 0.4) is 0 Å². The largest absolute Gasteiger partial charge is 0.326 e. The van der Waals surface area contributed by atoms with Crippen LogP contribution in [0.1, 0.15) is 32.1 Å². The molecule has 4 aliphatic rings. The molecule has 1 aliphatic heterocycles. The Morgan fingerprint density at radius 3 is 2.07 bits per heavy atom. The fourth-order valence-corrected chi connectivity index (χ4v) is 5.66. The average molecular weight is 382 g/mol. The van der Waals surface area contributed by atoms with Gasteiger partial charge in [0.15, 0.2) is 0 Å². The Hall–Kier alpha value is -2.50. The van der Waals surface area contributed by atoms with Gasteiger partial charge in [-0.2, -0.15) is 0 Å². The molecule has 4 unspecified atom stereocenters. The molecule has 0 spiro atoms. The molecule has 28 heavy (non-hydrogen) atoms. The van der Waals surface area contributed by atoms with Crippen molar-refractivity contribution >= 4 is 23.4 Å². The molecule has 3 fully saturated rings. The zero-order valence-electron chi connectivity index (χ0n) is 15.5. The predicted molar refractivity (Wildman–Crippen MR) is 100 cm³/mol. The fraction of sp³-hybridized carbons (Fsp3) is 0.500. The van der Waals surface area contributed by atoms with Gasteiger partial charge >= 0.3 is 0 Å². The Kier molecular flexibility index (Phi) is 4.11. The summed E-state index contributed by atoms with van der Waals surface area (Å²) in [6.45, 7) is 0. The zero-order chi connectivity index (χ0) is 19.4. The minimum absolute atomic E-state index is 0.00561. The van der Waals surface area contributed by atoms with Gasteiger partial charge in [0.2, 0.25) is 17.7 Å². The number of likely N-dealkylation sites (tertiary alicyclic amines) is 1. The molecule has 6 heteroatoms. The first-order valence-corrected chi connectivity index (χ1v) is 10.1. The van der Waals surface area contributed by atoms with Crippen molar-refractivity contribution in [1.82, 2.24) is 4.90 Å². The van der Waals surface area contributed by atoms with Crippen molar-refractivity contribution in [3.8, 4) is 0 Å². The van der Waals surface area contributed by atoms with Gasteiger partial charge in [-0.05, 0) is 68.2 Å². The molecule has 1 aromatic rings. The standard InChI is InChI=1S/C22H23FN2O3/c23-15-5-7-16(8-6-15)24-20(26)12-3-9-17(10-4-12)25-21(27)18-13-1-2-14(11-13)19(18)22(25)28/h1-2,5-8,12-14,17-19H,3-4,9-11H2,(H,24,26). The molecule has 146 valence electrons. The molecule has 3 aliphatic carbocycles. The quantitative estimate of drug-likeness (QED) is 0.645. The summed E-state index contributed by atoms with van der Waals surface area (Å²) in [6.07, 6.45) is 7.79. The third-order valence-electron chi connectivity index (χ3n) is 7.05. The monoisotopic (exact) mass is 382 g/mol. The highest BCUT2D eigenvalue weighted by molar-refractivity contribution is 6.06. The topological polar surface area (TPSA) is 66.5 Å². The van der Waals surface area contributed by atoms with Crippen molar-refractivity contribution in [2.24, 2.45) is 29.6 Å². The molecular weight excluding hydrogens is 359 g/mol. The van der Waals surface area contributed by atoms with E-state index < -0.39 is 0 Å². The van der Waals surface area contributed by atoms with Crippen molar-refractivity contribution in [1.29, 1.82) is 0 Å². The second kappa shape index (κ2) is 6.54. The van der Waals surface area contributed by atoms with Crippen molar-refractivity contribution in [2.75, 3.05) is 5.32 Å². The molecule has 0 aromatic heterocycles. The van der Waals surface area contributed by atoms with Gasteiger partial charge in [0.1, 0.15) is 5.82 Å². The maximum Gasteiger partial charge on any atom is 0.233 e. The van der Waals surface area contributed by atoms with Gasteiger partial charge in [-0.25, -0.2) is 4.39 Å². The summed E-state index contributed by atoms with van der Waals surface area (Å²) in [6, 6.07) is 5.63. The molecule has 5 rings (SSSR count). The first kappa shape index (κ1) is 17.6. The van der Waals surface area contributed by atoms with Crippen LogP contribution in [-0.4, -0.2) is 28.7 Å². The van der Waals surface area contributed by atoms with E-state index in [1.165, 1.54) is 17.0 Å². The number of fused-ring (bicyclic) bond motifs is 5. The first-order valence-electron chi connectivity index (χ1n) is 10.1. The third kappa shape index (κ3) is 2.69. The van der Waals surface area contributed by atoms with Gasteiger partial charge in [-0.3, -0.25) is 19.3 Å². The van der Waals surface area contributed by atoms with Crippen LogP contribution in [0, 0.1) is 35.4 Å². The Balaban J connectivity index is 1.21. The smallest absolute Gasteiger partial charge is 0.233 e. The maximum atomic E-state index is 13.0. The second-order valence-corrected chi connectivity index (χ2v) is 8.55. The van der Waals surface area contributed by atoms with E-state index in [0.29, 0.717) is 31.4 Å². The first-order chi connectivity index (χ1) is 13.5. The van der Waals surface area contributed by atoms with E-state index in [9.17, 15) is 18.8 Å². The van der Waals surface area contributed by atoms with E-state index in [1.807, 2.05) is 0 Å². The molecule has 1 saturated heterocycles. The summed E-state index contributed by atoms with van der Waals surface area (Å²) >= 11 is 0. The summed E-state index contributed by atoms with van der Waals surface area (Å²) in [4.78, 5) is 39.9. The van der Waals surface area contributed by atoms with Crippen LogP contribution >= 0.6 is 0 Å². The molecule has 1 heterocycles. The van der Waals surface area contributed by atoms with Crippen LogP contribution in [0.2, 0.25) is 0 Å². The molecule has 2 saturated carbocycles. The van der Waals surface area contributed by atoms with E-state index in [2.05, 4.69) is 17.5 Å². The Labute approximate surface area is 163 Å². The summed E-state index contributed by atoms with van der Waals surface area (Å²) in [5.74, 6) is -0.397. The van der Waals surface area contributed by atoms with Crippen LogP contribution in [0.25, 0.3) is 0 Å². The van der Waals surface area contributed by atoms with Gasteiger partial charge in [-0.15, -0.1) is 0 Å². The lowest BCUT2D eigenvalue weighted by molar-refractivity contribution is -0.144. The molecule has 1 N–H and O–H groups in total. The van der Waals surface area contributed by atoms with Crippen LogP contribution in [-0.2, 0) is 14.4 Å². The number of nitrogens with one attached hydrogen (secondary N) is 1. The molecule has 0 radical (unpaired) electrons. The number of nitrogens with zero attached hydrogens (tertiary/aromatic N) is 1. The van der Waals surface area contributed by atoms with Crippen molar-refractivity contribution in [3.05, 3.63) is 42.2 Å². The zero-order valence-corrected chi connectivity index (χ0v) is 15.5. The number of imide groups is 1. The van der Waals surface area contributed by atoms with Gasteiger partial charge in [0.05, 0.1) is 11.8 Å². The summed E-state index contributed by atoms with van der Waals surface area (Å²) in [5.41, 5.74) is 0.578. The van der Waals surface area contributed by atoms with Crippen molar-refractivity contribution in [2.45, 2.75) is 38.1 Å². The highest BCUT2D eigenvalue weighted by atomic mass is 19.1. The fourth-order valence-electron chi connectivity index (χ4n) is 5.66. The minimum Gasteiger partial charge on any atom is -0.326 e. The number of carbonyl (C=O) groups excluding carboxylic acids is 3. The summed E-state index contributed by atoms with van der Waals surface area (Å²) in [5, 5.41) is 2.83. The van der Waals surface area contributed by atoms with Gasteiger partial charge in [-0.1, -0.05) is 12.2 Å². The van der Waals surface area contributed by atoms with E-state index in [1.54, 1.807) is 12.1 Å². The number of anilines is 1. The van der Waals surface area contributed by atoms with E-state index >= 15 is 0 Å². The predicted octanol–water partition coefficient (Wildman–Crippen LogP) is 3.13. The molecule has 3 amide bonds. The van der Waals surface area contributed by atoms with Crippen LogP contribution < -0.4 is 5.32 Å².